The van der Waals surface area contributed by atoms with E-state index in [1.807, 2.05) is 24.3 Å². The van der Waals surface area contributed by atoms with Gasteiger partial charge in [0, 0.05) is 11.8 Å². The van der Waals surface area contributed by atoms with Crippen LogP contribution >= 0.6 is 11.8 Å². The smallest absolute Gasteiger partial charge is 0.303 e. The summed E-state index contributed by atoms with van der Waals surface area (Å²) < 4.78 is 5.28. The molecule has 0 saturated heterocycles. The molecule has 0 bridgehead atoms. The summed E-state index contributed by atoms with van der Waals surface area (Å²) in [5.41, 5.74) is 1.49. The molecule has 5 nitrogen and oxygen atoms in total. The third-order valence-corrected chi connectivity index (χ3v) is 4.83. The topological polar surface area (TPSA) is 75.6 Å². The molecule has 2 unspecified atom stereocenters. The second-order valence-corrected chi connectivity index (χ2v) is 6.33. The molecule has 0 saturated carbocycles. The summed E-state index contributed by atoms with van der Waals surface area (Å²) >= 11 is 1.45. The van der Waals surface area contributed by atoms with Crippen molar-refractivity contribution in [2.75, 3.05) is 5.32 Å². The van der Waals surface area contributed by atoms with Gasteiger partial charge in [0.2, 0.25) is 0 Å². The molecule has 0 aliphatic carbocycles. The highest BCUT2D eigenvalue weighted by Gasteiger charge is 2.36. The Morgan fingerprint density at radius 2 is 1.87 bits per heavy atom. The summed E-state index contributed by atoms with van der Waals surface area (Å²) in [5, 5.41) is 11.9. The van der Waals surface area contributed by atoms with Gasteiger partial charge in [-0.05, 0) is 29.8 Å². The zero-order valence-electron chi connectivity index (χ0n) is 12.4. The minimum Gasteiger partial charge on any atom is -0.508 e. The minimum atomic E-state index is -0.950. The summed E-state index contributed by atoms with van der Waals surface area (Å²) in [6.07, 6.45) is -0.950. The molecular formula is C17H15NO4S. The van der Waals surface area contributed by atoms with E-state index in [1.165, 1.54) is 18.7 Å². The fourth-order valence-corrected chi connectivity index (χ4v) is 3.69. The highest BCUT2D eigenvalue weighted by molar-refractivity contribution is 7.99. The number of fused-ring (bicyclic) bond motifs is 1. The van der Waals surface area contributed by atoms with Gasteiger partial charge in [-0.1, -0.05) is 24.3 Å². The Morgan fingerprint density at radius 1 is 1.17 bits per heavy atom. The normalized spacial score (nSPS) is 20.1. The van der Waals surface area contributed by atoms with Crippen molar-refractivity contribution in [1.29, 1.82) is 0 Å². The Labute approximate surface area is 137 Å². The number of rotatable bonds is 2. The fourth-order valence-electron chi connectivity index (χ4n) is 2.41. The number of ether oxygens (including phenoxy) is 1. The number of esters is 1. The lowest BCUT2D eigenvalue weighted by atomic mass is 10.1. The fraction of sp³-hybridized carbons (Fsp3) is 0.176. The third kappa shape index (κ3) is 3.32. The van der Waals surface area contributed by atoms with Gasteiger partial charge in [-0.3, -0.25) is 9.59 Å². The van der Waals surface area contributed by atoms with Crippen LogP contribution in [0.2, 0.25) is 0 Å². The maximum absolute atomic E-state index is 12.5. The molecule has 6 heteroatoms. The van der Waals surface area contributed by atoms with E-state index in [0.717, 1.165) is 10.5 Å². The molecule has 2 aromatic rings. The first-order valence-corrected chi connectivity index (χ1v) is 7.95. The number of hydrogen-bond acceptors (Lipinski definition) is 5. The maximum Gasteiger partial charge on any atom is 0.303 e. The van der Waals surface area contributed by atoms with E-state index in [1.54, 1.807) is 24.3 Å². The minimum absolute atomic E-state index is 0.140. The number of para-hydroxylation sites is 1. The Balaban J connectivity index is 2.04. The highest BCUT2D eigenvalue weighted by Crippen LogP contribution is 2.44. The summed E-state index contributed by atoms with van der Waals surface area (Å²) in [4.78, 5) is 24.8. The third-order valence-electron chi connectivity index (χ3n) is 3.45. The van der Waals surface area contributed by atoms with Gasteiger partial charge in [0.1, 0.15) is 5.75 Å². The number of hydrogen-bond donors (Lipinski definition) is 2. The first kappa shape index (κ1) is 15.4. The van der Waals surface area contributed by atoms with Gasteiger partial charge in [-0.25, -0.2) is 0 Å². The highest BCUT2D eigenvalue weighted by atomic mass is 32.2. The van der Waals surface area contributed by atoms with Crippen molar-refractivity contribution in [3.05, 3.63) is 54.1 Å². The average molecular weight is 329 g/mol. The van der Waals surface area contributed by atoms with Gasteiger partial charge < -0.3 is 15.2 Å². The molecule has 0 fully saturated rings. The van der Waals surface area contributed by atoms with Gasteiger partial charge in [0.05, 0.1) is 10.9 Å². The molecule has 1 aliphatic rings. The number of thioether (sulfide) groups is 1. The van der Waals surface area contributed by atoms with Crippen LogP contribution in [0, 0.1) is 0 Å². The second kappa shape index (κ2) is 6.34. The van der Waals surface area contributed by atoms with Gasteiger partial charge in [-0.15, -0.1) is 11.8 Å². The van der Waals surface area contributed by atoms with Gasteiger partial charge in [-0.2, -0.15) is 0 Å². The van der Waals surface area contributed by atoms with Gasteiger partial charge in [0.15, 0.2) is 6.10 Å². The van der Waals surface area contributed by atoms with Crippen molar-refractivity contribution in [2.45, 2.75) is 23.2 Å². The molecule has 2 aromatic carbocycles. The largest absolute Gasteiger partial charge is 0.508 e. The molecule has 0 radical (unpaired) electrons. The lowest BCUT2D eigenvalue weighted by Crippen LogP contribution is -2.34. The molecule has 23 heavy (non-hydrogen) atoms. The molecule has 1 aliphatic heterocycles. The molecule has 1 heterocycles. The molecule has 118 valence electrons. The van der Waals surface area contributed by atoms with Crippen LogP contribution in [-0.4, -0.2) is 23.1 Å². The predicted octanol–water partition coefficient (Wildman–Crippen LogP) is 3.11. The van der Waals surface area contributed by atoms with Crippen molar-refractivity contribution in [3.8, 4) is 5.75 Å². The Hall–Kier alpha value is -2.47. The summed E-state index contributed by atoms with van der Waals surface area (Å²) in [5.74, 6) is -0.738. The van der Waals surface area contributed by atoms with Crippen LogP contribution in [-0.2, 0) is 14.3 Å². The zero-order chi connectivity index (χ0) is 16.4. The van der Waals surface area contributed by atoms with Crippen LogP contribution in [0.25, 0.3) is 0 Å². The van der Waals surface area contributed by atoms with Crippen molar-refractivity contribution < 1.29 is 19.4 Å². The van der Waals surface area contributed by atoms with E-state index in [4.69, 9.17) is 4.74 Å². The van der Waals surface area contributed by atoms with E-state index < -0.39 is 17.3 Å². The number of carbonyl (C=O) groups excluding carboxylic acids is 2. The summed E-state index contributed by atoms with van der Waals surface area (Å²) in [6.45, 7) is 1.28. The first-order valence-electron chi connectivity index (χ1n) is 7.07. The molecular weight excluding hydrogens is 314 g/mol. The number of benzene rings is 2. The number of phenolic OH excluding ortho intramolecular Hbond substituents is 1. The monoisotopic (exact) mass is 329 g/mol. The summed E-state index contributed by atoms with van der Waals surface area (Å²) in [6, 6.07) is 14.0. The van der Waals surface area contributed by atoms with E-state index in [2.05, 4.69) is 5.32 Å². The quantitative estimate of drug-likeness (QED) is 0.828. The standard InChI is InChI=1S/C17H15NO4S/c1-10(19)22-15-16(11-6-8-12(20)9-7-11)23-14-5-3-2-4-13(14)18-17(15)21/h2-9,15-16,20H,1H3,(H,18,21). The Kier molecular flexibility index (Phi) is 4.25. The molecule has 0 aromatic heterocycles. The van der Waals surface area contributed by atoms with E-state index in [0.29, 0.717) is 5.69 Å². The van der Waals surface area contributed by atoms with Crippen molar-refractivity contribution in [1.82, 2.24) is 0 Å². The van der Waals surface area contributed by atoms with E-state index >= 15 is 0 Å². The lowest BCUT2D eigenvalue weighted by molar-refractivity contribution is -0.152. The number of amides is 1. The SMILES string of the molecule is CC(=O)OC1C(=O)Nc2ccccc2SC1c1ccc(O)cc1. The van der Waals surface area contributed by atoms with Gasteiger partial charge >= 0.3 is 5.97 Å². The number of carbonyl (C=O) groups is 2. The van der Waals surface area contributed by atoms with Crippen molar-refractivity contribution in [2.24, 2.45) is 0 Å². The predicted molar refractivity (Wildman–Crippen MR) is 87.3 cm³/mol. The summed E-state index contributed by atoms with van der Waals surface area (Å²) in [7, 11) is 0. The van der Waals surface area contributed by atoms with Crippen molar-refractivity contribution >= 4 is 29.3 Å². The Bertz CT molecular complexity index is 745. The number of aromatic hydroxyl groups is 1. The maximum atomic E-state index is 12.5. The Morgan fingerprint density at radius 3 is 2.57 bits per heavy atom. The van der Waals surface area contributed by atoms with Crippen LogP contribution < -0.4 is 5.32 Å². The second-order valence-electron chi connectivity index (χ2n) is 5.15. The van der Waals surface area contributed by atoms with Crippen LogP contribution in [0.5, 0.6) is 5.75 Å². The molecule has 2 atom stereocenters. The van der Waals surface area contributed by atoms with Crippen LogP contribution in [0.15, 0.2) is 53.4 Å². The molecule has 1 amide bonds. The zero-order valence-corrected chi connectivity index (χ0v) is 13.2. The molecule has 3 rings (SSSR count). The van der Waals surface area contributed by atoms with Crippen LogP contribution in [0.4, 0.5) is 5.69 Å². The van der Waals surface area contributed by atoms with Crippen molar-refractivity contribution in [3.63, 3.8) is 0 Å². The lowest BCUT2D eigenvalue weighted by Gasteiger charge is -2.23. The first-order chi connectivity index (χ1) is 11.0. The molecule has 2 N–H and O–H groups in total. The number of anilines is 1. The van der Waals surface area contributed by atoms with E-state index in [-0.39, 0.29) is 11.7 Å². The molecule has 0 spiro atoms. The van der Waals surface area contributed by atoms with E-state index in [9.17, 15) is 14.7 Å². The van der Waals surface area contributed by atoms with Crippen LogP contribution in [0.3, 0.4) is 0 Å². The average Bonchev–Trinajstić information content (AvgIpc) is 2.65. The number of phenols is 1. The van der Waals surface area contributed by atoms with Crippen LogP contribution in [0.1, 0.15) is 17.7 Å². The number of nitrogens with one attached hydrogen (secondary N) is 1. The van der Waals surface area contributed by atoms with Gasteiger partial charge in [0.25, 0.3) is 5.91 Å².